The Morgan fingerprint density at radius 3 is 2.00 bits per heavy atom. The van der Waals surface area contributed by atoms with Crippen LogP contribution in [0.3, 0.4) is 0 Å². The summed E-state index contributed by atoms with van der Waals surface area (Å²) in [4.78, 5) is 22.8. The first-order valence-electron chi connectivity index (χ1n) is 5.61. The molecule has 0 unspecified atom stereocenters. The van der Waals surface area contributed by atoms with Crippen molar-refractivity contribution < 1.29 is 19.4 Å². The molecular weight excluding hydrogens is 460 g/mol. The number of hydrogen-bond acceptors (Lipinski definition) is 3. The predicted molar refractivity (Wildman–Crippen MR) is 87.0 cm³/mol. The van der Waals surface area contributed by atoms with Crippen molar-refractivity contribution in [3.8, 4) is 0 Å². The first-order chi connectivity index (χ1) is 9.10. The Labute approximate surface area is 142 Å². The zero-order valence-corrected chi connectivity index (χ0v) is 15.6. The van der Waals surface area contributed by atoms with E-state index in [1.165, 1.54) is 24.3 Å². The number of halogens is 3. The highest BCUT2D eigenvalue weighted by atomic mass is 79.9. The zero-order valence-electron chi connectivity index (χ0n) is 10.8. The molecule has 7 heteroatoms. The molecule has 1 aromatic rings. The third-order valence-corrected chi connectivity index (χ3v) is 6.58. The molecule has 0 aliphatic heterocycles. The third-order valence-electron chi connectivity index (χ3n) is 2.71. The summed E-state index contributed by atoms with van der Waals surface area (Å²) in [6.07, 6.45) is 0. The van der Waals surface area contributed by atoms with E-state index in [0.29, 0.717) is 5.33 Å². The van der Waals surface area contributed by atoms with Gasteiger partial charge in [0.15, 0.2) is 0 Å². The number of aromatic carboxylic acids is 1. The van der Waals surface area contributed by atoms with Gasteiger partial charge in [-0.2, -0.15) is 0 Å². The molecule has 0 aromatic heterocycles. The zero-order chi connectivity index (χ0) is 15.6. The SMILES string of the molecule is CC(C)(CBr)C(Br)(Br)OC(=O)c1ccc(C(=O)O)cc1. The minimum absolute atomic E-state index is 0.117. The third kappa shape index (κ3) is 4.05. The van der Waals surface area contributed by atoms with Crippen LogP contribution >= 0.6 is 47.8 Å². The van der Waals surface area contributed by atoms with Crippen LogP contribution in [0.15, 0.2) is 24.3 Å². The van der Waals surface area contributed by atoms with Gasteiger partial charge in [-0.3, -0.25) is 0 Å². The average molecular weight is 473 g/mol. The van der Waals surface area contributed by atoms with Gasteiger partial charge in [-0.05, 0) is 56.1 Å². The Kier molecular flexibility index (Phi) is 5.80. The van der Waals surface area contributed by atoms with Crippen molar-refractivity contribution in [1.29, 1.82) is 0 Å². The maximum absolute atomic E-state index is 12.1. The number of carboxylic acid groups (broad SMARTS) is 1. The van der Waals surface area contributed by atoms with Gasteiger partial charge in [0.2, 0.25) is 3.42 Å². The molecule has 0 fully saturated rings. The van der Waals surface area contributed by atoms with Crippen LogP contribution in [0.5, 0.6) is 0 Å². The summed E-state index contributed by atoms with van der Waals surface area (Å²) >= 11 is 10.1. The van der Waals surface area contributed by atoms with Crippen molar-refractivity contribution >= 4 is 59.7 Å². The summed E-state index contributed by atoms with van der Waals surface area (Å²) in [5, 5.41) is 9.40. The van der Waals surface area contributed by atoms with E-state index < -0.39 is 20.8 Å². The molecule has 0 saturated carbocycles. The molecule has 0 bridgehead atoms. The number of hydrogen-bond donors (Lipinski definition) is 1. The lowest BCUT2D eigenvalue weighted by Gasteiger charge is -2.35. The summed E-state index contributed by atoms with van der Waals surface area (Å²) < 4.78 is 4.37. The first-order valence-corrected chi connectivity index (χ1v) is 8.32. The van der Waals surface area contributed by atoms with E-state index >= 15 is 0 Å². The van der Waals surface area contributed by atoms with Gasteiger partial charge >= 0.3 is 11.9 Å². The lowest BCUT2D eigenvalue weighted by atomic mass is 9.98. The van der Waals surface area contributed by atoms with Crippen LogP contribution in [0.25, 0.3) is 0 Å². The molecule has 0 aliphatic carbocycles. The maximum atomic E-state index is 12.1. The topological polar surface area (TPSA) is 63.6 Å². The van der Waals surface area contributed by atoms with Crippen molar-refractivity contribution in [3.63, 3.8) is 0 Å². The Balaban J connectivity index is 2.89. The van der Waals surface area contributed by atoms with Crippen molar-refractivity contribution in [1.82, 2.24) is 0 Å². The largest absolute Gasteiger partial charge is 0.478 e. The van der Waals surface area contributed by atoms with Crippen LogP contribution in [0.1, 0.15) is 34.6 Å². The van der Waals surface area contributed by atoms with Crippen LogP contribution in [0.4, 0.5) is 0 Å². The average Bonchev–Trinajstić information content (AvgIpc) is 2.38. The minimum atomic E-state index is -1.04. The minimum Gasteiger partial charge on any atom is -0.478 e. The van der Waals surface area contributed by atoms with E-state index in [2.05, 4.69) is 47.8 Å². The lowest BCUT2D eigenvalue weighted by Crippen LogP contribution is -2.39. The molecule has 4 nitrogen and oxygen atoms in total. The summed E-state index contributed by atoms with van der Waals surface area (Å²) in [6.45, 7) is 3.82. The number of ether oxygens (including phenoxy) is 1. The molecule has 1 aromatic carbocycles. The monoisotopic (exact) mass is 470 g/mol. The van der Waals surface area contributed by atoms with E-state index in [4.69, 9.17) is 9.84 Å². The van der Waals surface area contributed by atoms with Crippen LogP contribution < -0.4 is 0 Å². The fourth-order valence-electron chi connectivity index (χ4n) is 1.14. The molecule has 0 heterocycles. The van der Waals surface area contributed by atoms with Gasteiger partial charge in [-0.15, -0.1) is 0 Å². The number of esters is 1. The van der Waals surface area contributed by atoms with Crippen LogP contribution in [0.2, 0.25) is 0 Å². The molecule has 1 N–H and O–H groups in total. The Hall–Kier alpha value is -0.400. The fraction of sp³-hybridized carbons (Fsp3) is 0.385. The van der Waals surface area contributed by atoms with Crippen molar-refractivity contribution in [2.45, 2.75) is 17.3 Å². The highest BCUT2D eigenvalue weighted by Crippen LogP contribution is 2.46. The van der Waals surface area contributed by atoms with Crippen LogP contribution in [-0.2, 0) is 4.74 Å². The number of carbonyl (C=O) groups is 2. The number of rotatable bonds is 5. The number of alkyl halides is 3. The summed E-state index contributed by atoms with van der Waals surface area (Å²) in [7, 11) is 0. The van der Waals surface area contributed by atoms with Crippen molar-refractivity contribution in [3.05, 3.63) is 35.4 Å². The summed E-state index contributed by atoms with van der Waals surface area (Å²) in [5.74, 6) is -1.59. The molecule has 0 amide bonds. The van der Waals surface area contributed by atoms with E-state index in [9.17, 15) is 9.59 Å². The Bertz CT molecular complexity index is 509. The molecule has 1 rings (SSSR count). The number of carboxylic acids is 1. The van der Waals surface area contributed by atoms with Gasteiger partial charge in [-0.25, -0.2) is 9.59 Å². The number of carbonyl (C=O) groups excluding carboxylic acids is 1. The normalized spacial score (nSPS) is 12.1. The van der Waals surface area contributed by atoms with Gasteiger partial charge < -0.3 is 9.84 Å². The molecule has 0 atom stereocenters. The van der Waals surface area contributed by atoms with Crippen LogP contribution in [0, 0.1) is 5.41 Å². The fourth-order valence-corrected chi connectivity index (χ4v) is 2.86. The van der Waals surface area contributed by atoms with Gasteiger partial charge in [0.1, 0.15) is 0 Å². The Morgan fingerprint density at radius 1 is 1.15 bits per heavy atom. The predicted octanol–water partition coefficient (Wildman–Crippen LogP) is 4.41. The van der Waals surface area contributed by atoms with E-state index in [1.807, 2.05) is 13.8 Å². The highest BCUT2D eigenvalue weighted by molar-refractivity contribution is 9.25. The quantitative estimate of drug-likeness (QED) is 0.509. The standard InChI is InChI=1S/C13H13Br3O4/c1-12(2,7-14)13(15,16)20-11(19)9-5-3-8(4-6-9)10(17)18/h3-6H,7H2,1-2H3,(H,17,18). The molecule has 0 spiro atoms. The van der Waals surface area contributed by atoms with E-state index in [0.717, 1.165) is 0 Å². The Morgan fingerprint density at radius 2 is 1.60 bits per heavy atom. The van der Waals surface area contributed by atoms with Crippen molar-refractivity contribution in [2.75, 3.05) is 5.33 Å². The molecule has 20 heavy (non-hydrogen) atoms. The molecule has 110 valence electrons. The van der Waals surface area contributed by atoms with Gasteiger partial charge in [0.25, 0.3) is 0 Å². The lowest BCUT2D eigenvalue weighted by molar-refractivity contribution is 0.0223. The van der Waals surface area contributed by atoms with E-state index in [-0.39, 0.29) is 11.1 Å². The second kappa shape index (κ2) is 6.58. The van der Waals surface area contributed by atoms with Crippen molar-refractivity contribution in [2.24, 2.45) is 5.41 Å². The van der Waals surface area contributed by atoms with E-state index in [1.54, 1.807) is 0 Å². The van der Waals surface area contributed by atoms with Gasteiger partial charge in [-0.1, -0.05) is 29.8 Å². The maximum Gasteiger partial charge on any atom is 0.340 e. The summed E-state index contributed by atoms with van der Waals surface area (Å²) in [5.41, 5.74) is -0.00106. The smallest absolute Gasteiger partial charge is 0.340 e. The summed E-state index contributed by atoms with van der Waals surface area (Å²) in [6, 6.07) is 5.56. The molecule has 0 saturated heterocycles. The molecule has 0 aliphatic rings. The number of benzene rings is 1. The van der Waals surface area contributed by atoms with Gasteiger partial charge in [0, 0.05) is 10.7 Å². The highest BCUT2D eigenvalue weighted by Gasteiger charge is 2.44. The van der Waals surface area contributed by atoms with Crippen LogP contribution in [-0.4, -0.2) is 25.8 Å². The molecule has 0 radical (unpaired) electrons. The second-order valence-corrected chi connectivity index (χ2v) is 8.66. The second-order valence-electron chi connectivity index (χ2n) is 4.81. The van der Waals surface area contributed by atoms with Gasteiger partial charge in [0.05, 0.1) is 11.1 Å². The molecular formula is C13H13Br3O4. The first kappa shape index (κ1) is 17.7.